The monoisotopic (exact) mass is 1310 g/mol. The summed E-state index contributed by atoms with van der Waals surface area (Å²) in [6, 6.07) is 146. The largest absolute Gasteiger partial charge is 0.310 e. The summed E-state index contributed by atoms with van der Waals surface area (Å²) in [7, 11) is 0. The molecule has 0 N–H and O–H groups in total. The number of hydrogen-bond acceptors (Lipinski definition) is 2. The van der Waals surface area contributed by atoms with Crippen molar-refractivity contribution in [2.24, 2.45) is 0 Å². The summed E-state index contributed by atoms with van der Waals surface area (Å²) in [5.74, 6) is 0. The highest BCUT2D eigenvalue weighted by Gasteiger charge is 2.53. The smallest absolute Gasteiger partial charge is 0.0725 e. The highest BCUT2D eigenvalue weighted by molar-refractivity contribution is 5.98. The summed E-state index contributed by atoms with van der Waals surface area (Å²) in [5, 5.41) is 0. The van der Waals surface area contributed by atoms with Gasteiger partial charge in [-0.1, -0.05) is 327 Å². The molecule has 4 aliphatic carbocycles. The van der Waals surface area contributed by atoms with Crippen LogP contribution in [-0.2, 0) is 16.2 Å². The molecule has 0 atom stereocenters. The highest BCUT2D eigenvalue weighted by atomic mass is 15.1. The predicted octanol–water partition coefficient (Wildman–Crippen LogP) is 25.6. The summed E-state index contributed by atoms with van der Waals surface area (Å²) in [5.41, 5.74) is 37.5. The standard InChI is InChI=1S/C101H70N2/c1-67-43-56-86-88-58-53-81(65-97(88)99(95(86)61-67,73-28-10-4-11-29-73)74-30-12-5-13-31-74)103(82-54-59-89-87-57-44-68(2)62-96(87)100(98(89)66-82,75-32-14-6-15-33-75)76-34-16-7-17-35-76)78-51-47-71(48-52-78)70-45-49-77(50-46-70)102(79-36-24-27-72(63-79)69-25-8-3-9-26-69)80-55-60-94-90(64-80)85-39-20-23-42-93(85)101(94)91-40-21-18-37-83(91)84-38-19-22-41-92(84)101/h3-66H,1-2H3. The lowest BCUT2D eigenvalue weighted by atomic mass is 9.67. The molecular weight excluding hydrogens is 1240 g/mol. The summed E-state index contributed by atoms with van der Waals surface area (Å²) in [6.07, 6.45) is 0. The quantitative estimate of drug-likeness (QED) is 0.120. The van der Waals surface area contributed by atoms with Crippen molar-refractivity contribution in [3.05, 3.63) is 466 Å². The molecule has 2 nitrogen and oxygen atoms in total. The van der Waals surface area contributed by atoms with Gasteiger partial charge < -0.3 is 9.80 Å². The first-order valence-electron chi connectivity index (χ1n) is 36.0. The number of rotatable bonds is 12. The van der Waals surface area contributed by atoms with E-state index in [1.807, 2.05) is 0 Å². The van der Waals surface area contributed by atoms with Gasteiger partial charge in [0, 0.05) is 34.1 Å². The normalized spacial score (nSPS) is 13.8. The van der Waals surface area contributed by atoms with Crippen LogP contribution in [0.2, 0.25) is 0 Å². The second-order valence-corrected chi connectivity index (χ2v) is 28.3. The fourth-order valence-corrected chi connectivity index (χ4v) is 18.6. The van der Waals surface area contributed by atoms with Crippen molar-refractivity contribution in [1.29, 1.82) is 0 Å². The molecule has 1 spiro atoms. The Morgan fingerprint density at radius 3 is 0.883 bits per heavy atom. The predicted molar refractivity (Wildman–Crippen MR) is 427 cm³/mol. The summed E-state index contributed by atoms with van der Waals surface area (Å²) < 4.78 is 0. The van der Waals surface area contributed by atoms with Gasteiger partial charge in [0.2, 0.25) is 0 Å². The van der Waals surface area contributed by atoms with Crippen molar-refractivity contribution in [2.45, 2.75) is 30.1 Å². The van der Waals surface area contributed by atoms with E-state index in [1.54, 1.807) is 0 Å². The Bertz CT molecular complexity index is 5690. The Morgan fingerprint density at radius 1 is 0.165 bits per heavy atom. The van der Waals surface area contributed by atoms with Gasteiger partial charge in [-0.3, -0.25) is 0 Å². The molecule has 0 saturated carbocycles. The molecular formula is C101H70N2. The van der Waals surface area contributed by atoms with Crippen LogP contribution in [0.15, 0.2) is 388 Å². The molecule has 0 aliphatic heterocycles. The number of fused-ring (bicyclic) bond motifs is 16. The van der Waals surface area contributed by atoms with E-state index in [2.05, 4.69) is 412 Å². The molecule has 0 bridgehead atoms. The molecule has 484 valence electrons. The van der Waals surface area contributed by atoms with Crippen LogP contribution in [0.5, 0.6) is 0 Å². The van der Waals surface area contributed by atoms with E-state index in [9.17, 15) is 0 Å². The average molecular weight is 1310 g/mol. The van der Waals surface area contributed by atoms with Crippen LogP contribution in [0.25, 0.3) is 66.8 Å². The van der Waals surface area contributed by atoms with Crippen LogP contribution < -0.4 is 9.80 Å². The number of hydrogen-bond donors (Lipinski definition) is 0. The average Bonchev–Trinajstić information content (AvgIpc) is 1.52. The Kier molecular flexibility index (Phi) is 13.8. The van der Waals surface area contributed by atoms with E-state index >= 15 is 0 Å². The van der Waals surface area contributed by atoms with Crippen LogP contribution >= 0.6 is 0 Å². The zero-order valence-corrected chi connectivity index (χ0v) is 57.3. The molecule has 0 radical (unpaired) electrons. The first kappa shape index (κ1) is 60.1. The van der Waals surface area contributed by atoms with Crippen LogP contribution in [0.3, 0.4) is 0 Å². The third kappa shape index (κ3) is 8.94. The maximum atomic E-state index is 2.51. The van der Waals surface area contributed by atoms with Gasteiger partial charge in [-0.2, -0.15) is 0 Å². The molecule has 103 heavy (non-hydrogen) atoms. The molecule has 0 fully saturated rings. The lowest BCUT2D eigenvalue weighted by Crippen LogP contribution is -2.29. The van der Waals surface area contributed by atoms with Crippen molar-refractivity contribution >= 4 is 34.1 Å². The van der Waals surface area contributed by atoms with Crippen LogP contribution in [0, 0.1) is 13.8 Å². The van der Waals surface area contributed by atoms with Crippen LogP contribution in [0.1, 0.15) is 77.9 Å². The first-order chi connectivity index (χ1) is 50.9. The molecule has 2 heteroatoms. The summed E-state index contributed by atoms with van der Waals surface area (Å²) in [6.45, 7) is 4.46. The van der Waals surface area contributed by atoms with Crippen molar-refractivity contribution in [1.82, 2.24) is 0 Å². The first-order valence-corrected chi connectivity index (χ1v) is 36.0. The van der Waals surface area contributed by atoms with Crippen molar-refractivity contribution < 1.29 is 0 Å². The molecule has 16 aromatic carbocycles. The van der Waals surface area contributed by atoms with Crippen molar-refractivity contribution in [2.75, 3.05) is 9.80 Å². The number of anilines is 6. The van der Waals surface area contributed by atoms with E-state index in [0.717, 1.165) is 50.8 Å². The van der Waals surface area contributed by atoms with Gasteiger partial charge in [-0.05, 0) is 220 Å². The van der Waals surface area contributed by atoms with Crippen molar-refractivity contribution in [3.8, 4) is 66.8 Å². The molecule has 20 rings (SSSR count). The summed E-state index contributed by atoms with van der Waals surface area (Å²) in [4.78, 5) is 4.96. The molecule has 0 saturated heterocycles. The van der Waals surface area contributed by atoms with Gasteiger partial charge in [-0.15, -0.1) is 0 Å². The van der Waals surface area contributed by atoms with E-state index < -0.39 is 16.2 Å². The van der Waals surface area contributed by atoms with Crippen molar-refractivity contribution in [3.63, 3.8) is 0 Å². The zero-order valence-electron chi connectivity index (χ0n) is 57.3. The second kappa shape index (κ2) is 23.6. The fourth-order valence-electron chi connectivity index (χ4n) is 18.6. The molecule has 4 aliphatic rings. The Morgan fingerprint density at radius 2 is 0.456 bits per heavy atom. The maximum Gasteiger partial charge on any atom is 0.0725 e. The molecule has 0 amide bonds. The number of benzene rings is 16. The van der Waals surface area contributed by atoms with E-state index in [-0.39, 0.29) is 0 Å². The zero-order chi connectivity index (χ0) is 68.4. The second-order valence-electron chi connectivity index (χ2n) is 28.3. The Balaban J connectivity index is 0.742. The molecule has 0 heterocycles. The van der Waals surface area contributed by atoms with Gasteiger partial charge in [0.1, 0.15) is 0 Å². The van der Waals surface area contributed by atoms with Gasteiger partial charge in [0.25, 0.3) is 0 Å². The van der Waals surface area contributed by atoms with Gasteiger partial charge in [0.15, 0.2) is 0 Å². The van der Waals surface area contributed by atoms with Gasteiger partial charge in [-0.25, -0.2) is 0 Å². The highest BCUT2D eigenvalue weighted by Crippen LogP contribution is 2.65. The van der Waals surface area contributed by atoms with E-state index in [4.69, 9.17) is 0 Å². The Hall–Kier alpha value is -12.9. The van der Waals surface area contributed by atoms with Gasteiger partial charge in [0.05, 0.1) is 16.2 Å². The van der Waals surface area contributed by atoms with Crippen LogP contribution in [0.4, 0.5) is 34.1 Å². The third-order valence-corrected chi connectivity index (χ3v) is 22.9. The molecule has 0 unspecified atom stereocenters. The lowest BCUT2D eigenvalue weighted by Gasteiger charge is -2.36. The SMILES string of the molecule is Cc1ccc2c(c1)C(c1ccccc1)(c1ccccc1)c1cc(N(c3ccc(-c4ccc(N(c5cccc(-c6ccccc6)c5)c5ccc6c(c5)-c5ccccc5C65c6ccccc6-c6ccccc65)cc4)cc3)c3ccc4c(c3)C(c3ccccc3)(c3ccccc3)c3cc(C)ccc3-4)ccc1-2. The maximum absolute atomic E-state index is 2.51. The number of aryl methyl sites for hydroxylation is 2. The van der Waals surface area contributed by atoms with Crippen LogP contribution in [-0.4, -0.2) is 0 Å². The van der Waals surface area contributed by atoms with E-state index in [1.165, 1.54) is 128 Å². The Labute approximate surface area is 603 Å². The lowest BCUT2D eigenvalue weighted by molar-refractivity contribution is 0.766. The van der Waals surface area contributed by atoms with Gasteiger partial charge >= 0.3 is 0 Å². The molecule has 0 aromatic heterocycles. The minimum absolute atomic E-state index is 0.433. The number of nitrogens with zero attached hydrogens (tertiary/aromatic N) is 2. The third-order valence-electron chi connectivity index (χ3n) is 22.9. The van der Waals surface area contributed by atoms with E-state index in [0.29, 0.717) is 0 Å². The fraction of sp³-hybridized carbons (Fsp3) is 0.0495. The minimum atomic E-state index is -0.603. The summed E-state index contributed by atoms with van der Waals surface area (Å²) >= 11 is 0. The minimum Gasteiger partial charge on any atom is -0.310 e. The molecule has 16 aromatic rings. The topological polar surface area (TPSA) is 6.48 Å².